The second kappa shape index (κ2) is 9.22. The number of alkyl halides is 3. The van der Waals surface area contributed by atoms with Crippen LogP contribution in [0.5, 0.6) is 0 Å². The lowest BCUT2D eigenvalue weighted by Crippen LogP contribution is -2.49. The van der Waals surface area contributed by atoms with Crippen molar-refractivity contribution in [3.05, 3.63) is 47.0 Å². The van der Waals surface area contributed by atoms with Crippen LogP contribution in [-0.4, -0.2) is 56.6 Å². The molecule has 1 unspecified atom stereocenters. The molecule has 5 rings (SSSR count). The topological polar surface area (TPSA) is 65.1 Å². The third kappa shape index (κ3) is 4.59. The van der Waals surface area contributed by atoms with E-state index in [0.29, 0.717) is 36.2 Å². The van der Waals surface area contributed by atoms with Crippen molar-refractivity contribution in [3.8, 4) is 0 Å². The molecule has 2 aliphatic heterocycles. The van der Waals surface area contributed by atoms with Crippen molar-refractivity contribution in [3.63, 3.8) is 0 Å². The molecule has 4 heterocycles. The number of halogens is 3. The summed E-state index contributed by atoms with van der Waals surface area (Å²) in [7, 11) is 0. The van der Waals surface area contributed by atoms with Crippen LogP contribution in [0.2, 0.25) is 0 Å². The second-order valence-electron chi connectivity index (χ2n) is 10.8. The molecule has 0 aromatic carbocycles. The molecule has 0 bridgehead atoms. The number of carbonyl (C=O) groups is 1. The van der Waals surface area contributed by atoms with Crippen molar-refractivity contribution < 1.29 is 18.0 Å². The third-order valence-corrected chi connectivity index (χ3v) is 8.72. The predicted octanol–water partition coefficient (Wildman–Crippen LogP) is 4.78. The fraction of sp³-hybridized carbons (Fsp3) is 0.654. The number of hydrogen-bond donors (Lipinski definition) is 1. The Morgan fingerprint density at radius 2 is 1.97 bits per heavy atom. The first-order valence-corrected chi connectivity index (χ1v) is 12.7. The van der Waals surface area contributed by atoms with Crippen LogP contribution in [0.3, 0.4) is 0 Å². The molecule has 35 heavy (non-hydrogen) atoms. The summed E-state index contributed by atoms with van der Waals surface area (Å²) in [6.45, 7) is 6.98. The van der Waals surface area contributed by atoms with E-state index < -0.39 is 17.2 Å². The van der Waals surface area contributed by atoms with E-state index >= 15 is 0 Å². The van der Waals surface area contributed by atoms with Crippen LogP contribution >= 0.6 is 0 Å². The number of hydrogen-bond acceptors (Lipinski definition) is 4. The van der Waals surface area contributed by atoms with Crippen LogP contribution in [-0.2, 0) is 23.9 Å². The predicted molar refractivity (Wildman–Crippen MR) is 125 cm³/mol. The van der Waals surface area contributed by atoms with E-state index in [2.05, 4.69) is 40.0 Å². The summed E-state index contributed by atoms with van der Waals surface area (Å²) in [5, 5.41) is 7.19. The normalized spacial score (nSPS) is 26.3. The van der Waals surface area contributed by atoms with Gasteiger partial charge < -0.3 is 9.80 Å². The van der Waals surface area contributed by atoms with E-state index in [4.69, 9.17) is 0 Å². The highest BCUT2D eigenvalue weighted by Crippen LogP contribution is 2.48. The number of piperidine rings is 1. The molecular weight excluding hydrogens is 455 g/mol. The lowest BCUT2D eigenvalue weighted by Gasteiger charge is -2.41. The fourth-order valence-electron chi connectivity index (χ4n) is 6.47. The molecule has 1 aliphatic carbocycles. The lowest BCUT2D eigenvalue weighted by atomic mass is 9.73. The average molecular weight is 490 g/mol. The van der Waals surface area contributed by atoms with Gasteiger partial charge in [-0.25, -0.2) is 0 Å². The maximum Gasteiger partial charge on any atom is 0.417 e. The molecule has 2 atom stereocenters. The van der Waals surface area contributed by atoms with Gasteiger partial charge in [0.05, 0.1) is 11.0 Å². The Morgan fingerprint density at radius 3 is 2.63 bits per heavy atom. The van der Waals surface area contributed by atoms with Crippen molar-refractivity contribution in [1.82, 2.24) is 25.0 Å². The molecule has 9 heteroatoms. The Labute approximate surface area is 204 Å². The van der Waals surface area contributed by atoms with Gasteiger partial charge in [0.15, 0.2) is 0 Å². The Kier molecular flexibility index (Phi) is 6.40. The number of fused-ring (bicyclic) bond motifs is 1. The fourth-order valence-corrected chi connectivity index (χ4v) is 6.47. The van der Waals surface area contributed by atoms with E-state index in [1.807, 2.05) is 0 Å². The first-order valence-electron chi connectivity index (χ1n) is 12.7. The van der Waals surface area contributed by atoms with Crippen molar-refractivity contribution >= 4 is 5.91 Å². The summed E-state index contributed by atoms with van der Waals surface area (Å²) < 4.78 is 39.7. The van der Waals surface area contributed by atoms with Crippen LogP contribution in [0, 0.1) is 11.3 Å². The van der Waals surface area contributed by atoms with Crippen LogP contribution in [0.25, 0.3) is 0 Å². The quantitative estimate of drug-likeness (QED) is 0.671. The Hall–Kier alpha value is -2.42. The zero-order valence-electron chi connectivity index (χ0n) is 20.4. The Balaban J connectivity index is 1.27. The maximum absolute atomic E-state index is 13.9. The van der Waals surface area contributed by atoms with E-state index in [1.165, 1.54) is 11.8 Å². The van der Waals surface area contributed by atoms with Gasteiger partial charge in [-0.15, -0.1) is 0 Å². The molecule has 0 spiro atoms. The van der Waals surface area contributed by atoms with Gasteiger partial charge in [0.25, 0.3) is 0 Å². The molecule has 3 aliphatic rings. The van der Waals surface area contributed by atoms with Crippen LogP contribution in [0.1, 0.15) is 74.4 Å². The monoisotopic (exact) mass is 489 g/mol. The lowest BCUT2D eigenvalue weighted by molar-refractivity contribution is -0.146. The number of nitrogens with one attached hydrogen (secondary N) is 1. The van der Waals surface area contributed by atoms with Crippen molar-refractivity contribution in [2.45, 2.75) is 77.1 Å². The summed E-state index contributed by atoms with van der Waals surface area (Å²) in [4.78, 5) is 22.3. The van der Waals surface area contributed by atoms with Gasteiger partial charge in [-0.05, 0) is 68.8 Å². The molecule has 1 saturated carbocycles. The first-order chi connectivity index (χ1) is 16.7. The highest BCUT2D eigenvalue weighted by molar-refractivity contribution is 5.83. The van der Waals surface area contributed by atoms with Gasteiger partial charge in [-0.3, -0.25) is 14.9 Å². The van der Waals surface area contributed by atoms with Crippen LogP contribution in [0.4, 0.5) is 13.2 Å². The largest absolute Gasteiger partial charge is 0.417 e. The van der Waals surface area contributed by atoms with Crippen LogP contribution < -0.4 is 0 Å². The minimum absolute atomic E-state index is 0.102. The summed E-state index contributed by atoms with van der Waals surface area (Å²) in [6.07, 6.45) is 3.58. The second-order valence-corrected chi connectivity index (χ2v) is 10.8. The molecule has 2 fully saturated rings. The molecule has 1 saturated heterocycles. The smallest absolute Gasteiger partial charge is 0.337 e. The molecule has 6 nitrogen and oxygen atoms in total. The molecule has 1 N–H and O–H groups in total. The number of carbonyl (C=O) groups excluding carboxylic acids is 1. The van der Waals surface area contributed by atoms with Gasteiger partial charge in [0, 0.05) is 55.3 Å². The van der Waals surface area contributed by atoms with Crippen molar-refractivity contribution in [2.24, 2.45) is 11.3 Å². The van der Waals surface area contributed by atoms with Crippen molar-refractivity contribution in [1.29, 1.82) is 0 Å². The third-order valence-electron chi connectivity index (χ3n) is 8.72. The summed E-state index contributed by atoms with van der Waals surface area (Å²) in [6, 6.07) is 3.60. The summed E-state index contributed by atoms with van der Waals surface area (Å²) >= 11 is 0. The molecule has 0 radical (unpaired) electrons. The zero-order valence-corrected chi connectivity index (χ0v) is 20.4. The Bertz CT molecular complexity index is 1050. The molecule has 1 amide bonds. The van der Waals surface area contributed by atoms with Crippen LogP contribution in [0.15, 0.2) is 24.5 Å². The molecule has 2 aromatic rings. The number of amides is 1. The van der Waals surface area contributed by atoms with E-state index in [0.717, 1.165) is 51.4 Å². The number of pyridine rings is 1. The van der Waals surface area contributed by atoms with E-state index in [1.54, 1.807) is 11.1 Å². The summed E-state index contributed by atoms with van der Waals surface area (Å²) in [5.74, 6) is 0.782. The average Bonchev–Trinajstić information content (AvgIpc) is 3.54. The highest BCUT2D eigenvalue weighted by Gasteiger charge is 2.51. The van der Waals surface area contributed by atoms with Gasteiger partial charge >= 0.3 is 6.18 Å². The summed E-state index contributed by atoms with van der Waals surface area (Å²) in [5.41, 5.74) is 1.19. The standard InChI is InChI=1S/C26H34F3N5O/c1-17(2)25(8-3-21(14-25)33-10-5-18(6-11-33)23-4-9-31-32-23)24(35)34-12-7-22-19(16-34)13-20(15-30-22)26(27,28)29/h4,9,13,15,17-18,21H,3,5-8,10-12,14,16H2,1-2H3,(H,31,32)/t21?,25-/m0/s1. The minimum Gasteiger partial charge on any atom is -0.337 e. The number of nitrogens with zero attached hydrogens (tertiary/aromatic N) is 4. The van der Waals surface area contributed by atoms with Gasteiger partial charge in [-0.1, -0.05) is 13.8 Å². The number of aromatic amines is 1. The van der Waals surface area contributed by atoms with E-state index in [9.17, 15) is 18.0 Å². The molecular formula is C26H34F3N5O. The van der Waals surface area contributed by atoms with Crippen molar-refractivity contribution in [2.75, 3.05) is 19.6 Å². The number of aromatic nitrogens is 3. The molecule has 190 valence electrons. The van der Waals surface area contributed by atoms with E-state index in [-0.39, 0.29) is 18.4 Å². The maximum atomic E-state index is 13.9. The number of likely N-dealkylation sites (tertiary alicyclic amines) is 1. The molecule has 2 aromatic heterocycles. The SMILES string of the molecule is CC(C)[C@]1(C(=O)N2CCc3ncc(C(F)(F)F)cc3C2)CCC(N2CCC(c3ccn[nH]3)CC2)C1. The first kappa shape index (κ1) is 24.3. The number of rotatable bonds is 4. The number of H-pyrrole nitrogens is 1. The van der Waals surface area contributed by atoms with Gasteiger partial charge in [0.2, 0.25) is 5.91 Å². The van der Waals surface area contributed by atoms with Gasteiger partial charge in [0.1, 0.15) is 0 Å². The minimum atomic E-state index is -4.43. The van der Waals surface area contributed by atoms with Gasteiger partial charge in [-0.2, -0.15) is 18.3 Å². The zero-order chi connectivity index (χ0) is 24.8. The highest BCUT2D eigenvalue weighted by atomic mass is 19.4. The Morgan fingerprint density at radius 1 is 1.20 bits per heavy atom.